The van der Waals surface area contributed by atoms with Gasteiger partial charge in [-0.2, -0.15) is 0 Å². The lowest BCUT2D eigenvalue weighted by Crippen LogP contribution is -2.14. The largest absolute Gasteiger partial charge is 0.489 e. The van der Waals surface area contributed by atoms with Gasteiger partial charge < -0.3 is 4.74 Å². The highest BCUT2D eigenvalue weighted by molar-refractivity contribution is 8.15. The first-order chi connectivity index (χ1) is 21.0. The van der Waals surface area contributed by atoms with Crippen LogP contribution < -0.4 is 4.74 Å². The van der Waals surface area contributed by atoms with Crippen LogP contribution in [0.3, 0.4) is 0 Å². The molecule has 4 rings (SSSR count). The first-order valence-corrected chi connectivity index (χ1v) is 18.2. The number of unbranched alkanes of at least 4 members (excludes halogenated alkanes) is 12. The van der Waals surface area contributed by atoms with E-state index in [0.29, 0.717) is 31.0 Å². The summed E-state index contributed by atoms with van der Waals surface area (Å²) >= 11 is 3.18. The van der Waals surface area contributed by atoms with E-state index in [-0.39, 0.29) is 11.8 Å². The third-order valence-corrected chi connectivity index (χ3v) is 10.3. The summed E-state index contributed by atoms with van der Waals surface area (Å²) in [4.78, 5) is 33.4. The van der Waals surface area contributed by atoms with Crippen LogP contribution in [-0.2, 0) is 22.6 Å². The summed E-state index contributed by atoms with van der Waals surface area (Å²) in [6.45, 7) is 4.33. The van der Waals surface area contributed by atoms with Crippen molar-refractivity contribution in [3.05, 3.63) is 58.6 Å². The fourth-order valence-corrected chi connectivity index (χ4v) is 7.54. The molecule has 1 aliphatic rings. The number of aromatic nitrogens is 1. The minimum Gasteiger partial charge on any atom is -0.489 e. The van der Waals surface area contributed by atoms with Crippen LogP contribution in [0.25, 0.3) is 10.2 Å². The lowest BCUT2D eigenvalue weighted by atomic mass is 10.0. The molecule has 2 aromatic carbocycles. The predicted octanol–water partition coefficient (Wildman–Crippen LogP) is 9.92. The van der Waals surface area contributed by atoms with Crippen LogP contribution in [0.4, 0.5) is 0 Å². The number of ether oxygens (including phenoxy) is 1. The van der Waals surface area contributed by atoms with Crippen LogP contribution in [0.1, 0.15) is 120 Å². The number of thiazole rings is 1. The molecule has 0 bridgehead atoms. The average Bonchev–Trinajstić information content (AvgIpc) is 3.67. The summed E-state index contributed by atoms with van der Waals surface area (Å²) in [5.41, 5.74) is 3.06. The van der Waals surface area contributed by atoms with E-state index in [2.05, 4.69) is 24.0 Å². The molecule has 0 spiro atoms. The number of Topliss-reactive ketones (excluding diaryl/α,β-unsaturated/α-hetero) is 2. The Hall–Kier alpha value is -2.51. The molecule has 0 aliphatic carbocycles. The van der Waals surface area contributed by atoms with E-state index in [0.717, 1.165) is 43.6 Å². The summed E-state index contributed by atoms with van der Waals surface area (Å²) in [6, 6.07) is 13.9. The van der Waals surface area contributed by atoms with E-state index in [4.69, 9.17) is 9.72 Å². The fraction of sp³-hybridized carbons (Fsp3) is 0.556. The molecule has 0 saturated heterocycles. The highest BCUT2D eigenvalue weighted by Crippen LogP contribution is 2.32. The number of ketones is 2. The summed E-state index contributed by atoms with van der Waals surface area (Å²) < 4.78 is 7.11. The number of fused-ring (bicyclic) bond motifs is 1. The Bertz CT molecular complexity index is 1330. The van der Waals surface area contributed by atoms with Crippen molar-refractivity contribution in [1.82, 2.24) is 4.98 Å². The second-order valence-corrected chi connectivity index (χ2v) is 13.9. The van der Waals surface area contributed by atoms with Crippen LogP contribution in [-0.4, -0.2) is 33.4 Å². The van der Waals surface area contributed by atoms with Gasteiger partial charge in [-0.05, 0) is 42.7 Å². The monoisotopic (exact) mass is 620 g/mol. The van der Waals surface area contributed by atoms with Gasteiger partial charge in [-0.25, -0.2) is 4.98 Å². The molecule has 1 atom stereocenters. The van der Waals surface area contributed by atoms with Crippen LogP contribution in [0.15, 0.2) is 47.5 Å². The molecule has 0 saturated carbocycles. The number of hydrogen-bond donors (Lipinski definition) is 0. The van der Waals surface area contributed by atoms with Gasteiger partial charge in [0.25, 0.3) is 0 Å². The van der Waals surface area contributed by atoms with Gasteiger partial charge in [0.15, 0.2) is 5.78 Å². The number of benzene rings is 2. The number of hydrogen-bond acceptors (Lipinski definition) is 7. The van der Waals surface area contributed by atoms with Crippen molar-refractivity contribution in [3.8, 4) is 5.75 Å². The molecule has 5 nitrogen and oxygen atoms in total. The highest BCUT2D eigenvalue weighted by Gasteiger charge is 2.24. The third-order valence-electron chi connectivity index (χ3n) is 8.05. The number of rotatable bonds is 21. The van der Waals surface area contributed by atoms with Crippen molar-refractivity contribution in [3.63, 3.8) is 0 Å². The minimum absolute atomic E-state index is 0.101. The van der Waals surface area contributed by atoms with Gasteiger partial charge in [-0.1, -0.05) is 108 Å². The van der Waals surface area contributed by atoms with Crippen LogP contribution in [0.2, 0.25) is 0 Å². The molecule has 1 aliphatic heterocycles. The Labute approximate surface area is 266 Å². The molecular weight excluding hydrogens is 573 g/mol. The van der Waals surface area contributed by atoms with Gasteiger partial charge in [0, 0.05) is 18.6 Å². The molecule has 232 valence electrons. The van der Waals surface area contributed by atoms with Gasteiger partial charge in [-0.3, -0.25) is 14.6 Å². The van der Waals surface area contributed by atoms with Crippen LogP contribution in [0, 0.1) is 0 Å². The molecule has 0 amide bonds. The summed E-state index contributed by atoms with van der Waals surface area (Å²) in [7, 11) is 0. The second-order valence-electron chi connectivity index (χ2n) is 11.8. The smallest absolute Gasteiger partial charge is 0.155 e. The normalized spacial score (nSPS) is 14.7. The zero-order valence-corrected chi connectivity index (χ0v) is 27.7. The molecule has 0 fully saturated rings. The first kappa shape index (κ1) is 33.4. The highest BCUT2D eigenvalue weighted by atomic mass is 32.2. The van der Waals surface area contributed by atoms with Crippen LogP contribution >= 0.6 is 23.1 Å². The average molecular weight is 621 g/mol. The van der Waals surface area contributed by atoms with Crippen molar-refractivity contribution >= 4 is 49.9 Å². The van der Waals surface area contributed by atoms with Crippen molar-refractivity contribution in [1.29, 1.82) is 0 Å². The zero-order chi connectivity index (χ0) is 30.3. The maximum Gasteiger partial charge on any atom is 0.155 e. The van der Waals surface area contributed by atoms with E-state index in [9.17, 15) is 9.59 Å². The quantitative estimate of drug-likeness (QED) is 0.111. The minimum atomic E-state index is -0.250. The Balaban J connectivity index is 1.09. The Morgan fingerprint density at radius 1 is 0.837 bits per heavy atom. The van der Waals surface area contributed by atoms with E-state index < -0.39 is 0 Å². The molecule has 3 aromatic rings. The molecule has 0 N–H and O–H groups in total. The molecule has 43 heavy (non-hydrogen) atoms. The second kappa shape index (κ2) is 18.3. The number of thioether (sulfide) groups is 1. The van der Waals surface area contributed by atoms with Gasteiger partial charge in [0.05, 0.1) is 10.2 Å². The summed E-state index contributed by atoms with van der Waals surface area (Å²) in [6.07, 6.45) is 18.4. The number of nitrogens with zero attached hydrogens (tertiary/aromatic N) is 2. The zero-order valence-electron chi connectivity index (χ0n) is 26.1. The first-order valence-electron chi connectivity index (χ1n) is 16.4. The standard InChI is InChI=1S/C36H48N2O3S2/c1-3-4-5-6-7-8-9-10-11-12-13-14-15-16-30(40)23-28-17-19-29(20-18-28)25-41-31-21-22-32-34(24-31)43-36(37-32)35-38-33(26-42-35)27(2)39/h17-22,24,33H,3-16,23,25-26H2,1-2H3. The lowest BCUT2D eigenvalue weighted by Gasteiger charge is -2.07. The number of aliphatic imine (C=N–C) groups is 1. The molecular formula is C36H48N2O3S2. The Morgan fingerprint density at radius 3 is 2.09 bits per heavy atom. The van der Waals surface area contributed by atoms with Crippen molar-refractivity contribution in [2.45, 2.75) is 123 Å². The predicted molar refractivity (Wildman–Crippen MR) is 183 cm³/mol. The molecule has 2 heterocycles. The number of carbonyl (C=O) groups excluding carboxylic acids is 2. The SMILES string of the molecule is CCCCCCCCCCCCCCCC(=O)Cc1ccc(COc2ccc3nc(C4=NC(C(C)=O)CS4)sc3c2)cc1. The molecule has 7 heteroatoms. The van der Waals surface area contributed by atoms with E-state index >= 15 is 0 Å². The topological polar surface area (TPSA) is 68.6 Å². The molecule has 1 unspecified atom stereocenters. The number of carbonyl (C=O) groups is 2. The summed E-state index contributed by atoms with van der Waals surface area (Å²) in [5, 5.41) is 1.71. The lowest BCUT2D eigenvalue weighted by molar-refractivity contribution is -0.119. The Morgan fingerprint density at radius 2 is 1.47 bits per heavy atom. The maximum atomic E-state index is 12.5. The van der Waals surface area contributed by atoms with Gasteiger partial charge in [0.1, 0.15) is 34.2 Å². The van der Waals surface area contributed by atoms with Crippen molar-refractivity contribution < 1.29 is 14.3 Å². The van der Waals surface area contributed by atoms with Crippen LogP contribution in [0.5, 0.6) is 5.75 Å². The van der Waals surface area contributed by atoms with Crippen molar-refractivity contribution in [2.24, 2.45) is 4.99 Å². The molecule has 1 aromatic heterocycles. The molecule has 0 radical (unpaired) electrons. The van der Waals surface area contributed by atoms with E-state index in [1.54, 1.807) is 30.0 Å². The Kier molecular flexibility index (Phi) is 14.2. The van der Waals surface area contributed by atoms with E-state index in [1.807, 2.05) is 30.3 Å². The van der Waals surface area contributed by atoms with E-state index in [1.165, 1.54) is 77.0 Å². The van der Waals surface area contributed by atoms with Crippen molar-refractivity contribution in [2.75, 3.05) is 5.75 Å². The summed E-state index contributed by atoms with van der Waals surface area (Å²) in [5.74, 6) is 1.93. The van der Waals surface area contributed by atoms with Gasteiger partial charge >= 0.3 is 0 Å². The fourth-order valence-electron chi connectivity index (χ4n) is 5.36. The third kappa shape index (κ3) is 11.5. The van der Waals surface area contributed by atoms with Gasteiger partial charge in [0.2, 0.25) is 0 Å². The van der Waals surface area contributed by atoms with Gasteiger partial charge in [-0.15, -0.1) is 23.1 Å². The maximum absolute atomic E-state index is 12.5.